The van der Waals surface area contributed by atoms with Crippen LogP contribution in [-0.4, -0.2) is 38.9 Å². The van der Waals surface area contributed by atoms with E-state index in [4.69, 9.17) is 4.74 Å². The number of amides is 1. The molecule has 0 aromatic carbocycles. The quantitative estimate of drug-likeness (QED) is 0.687. The number of rotatable bonds is 8. The van der Waals surface area contributed by atoms with E-state index in [0.29, 0.717) is 56.1 Å². The third-order valence-electron chi connectivity index (χ3n) is 6.10. The van der Waals surface area contributed by atoms with E-state index >= 15 is 0 Å². The molecular weight excluding hydrogens is 374 g/mol. The predicted octanol–water partition coefficient (Wildman–Crippen LogP) is 2.31. The molecule has 1 heterocycles. The number of ether oxygens (including phenoxy) is 1. The van der Waals surface area contributed by atoms with Crippen molar-refractivity contribution in [2.75, 3.05) is 6.61 Å². The molecule has 1 aromatic heterocycles. The molecule has 0 radical (unpaired) electrons. The first kappa shape index (κ1) is 21.3. The maximum atomic E-state index is 12.7. The van der Waals surface area contributed by atoms with Crippen LogP contribution >= 0.6 is 0 Å². The Labute approximate surface area is 170 Å². The van der Waals surface area contributed by atoms with Gasteiger partial charge in [0.1, 0.15) is 18.0 Å². The lowest BCUT2D eigenvalue weighted by molar-refractivity contribution is -0.148. The summed E-state index contributed by atoms with van der Waals surface area (Å²) in [6.45, 7) is 8.27. The highest BCUT2D eigenvalue weighted by molar-refractivity contribution is 5.79. The number of fused-ring (bicyclic) bond motifs is 2. The first-order chi connectivity index (χ1) is 13.6. The molecule has 3 rings (SSSR count). The van der Waals surface area contributed by atoms with Crippen LogP contribution in [0.25, 0.3) is 0 Å². The van der Waals surface area contributed by atoms with Crippen LogP contribution in [0.15, 0.2) is 10.9 Å². The second-order valence-electron chi connectivity index (χ2n) is 9.34. The SMILES string of the molecule is CC(C)COc1cc(=O)n(CC(=O)NC23CCC(C(=O)O)(CC2)C3)nc1C(C)C. The molecule has 2 aliphatic carbocycles. The minimum atomic E-state index is -0.775. The van der Waals surface area contributed by atoms with E-state index in [1.165, 1.54) is 6.07 Å². The summed E-state index contributed by atoms with van der Waals surface area (Å²) in [4.78, 5) is 36.8. The largest absolute Gasteiger partial charge is 0.491 e. The zero-order valence-electron chi connectivity index (χ0n) is 17.7. The number of hydrogen-bond acceptors (Lipinski definition) is 5. The molecule has 29 heavy (non-hydrogen) atoms. The van der Waals surface area contributed by atoms with Gasteiger partial charge in [-0.1, -0.05) is 27.7 Å². The third-order valence-corrected chi connectivity index (χ3v) is 6.10. The van der Waals surface area contributed by atoms with Crippen LogP contribution in [0.1, 0.15) is 71.4 Å². The molecular formula is C21H31N3O5. The molecule has 0 unspecified atom stereocenters. The van der Waals surface area contributed by atoms with Crippen LogP contribution < -0.4 is 15.6 Å². The van der Waals surface area contributed by atoms with Gasteiger partial charge >= 0.3 is 5.97 Å². The molecule has 8 heteroatoms. The molecule has 2 saturated carbocycles. The number of carbonyl (C=O) groups is 2. The number of aliphatic carboxylic acids is 1. The van der Waals surface area contributed by atoms with Gasteiger partial charge in [0.25, 0.3) is 5.56 Å². The lowest BCUT2D eigenvalue weighted by Crippen LogP contribution is -2.47. The van der Waals surface area contributed by atoms with Gasteiger partial charge in [-0.3, -0.25) is 14.4 Å². The fourth-order valence-electron chi connectivity index (χ4n) is 4.51. The van der Waals surface area contributed by atoms with Crippen molar-refractivity contribution in [1.29, 1.82) is 0 Å². The van der Waals surface area contributed by atoms with Crippen LogP contribution in [0.3, 0.4) is 0 Å². The van der Waals surface area contributed by atoms with E-state index in [2.05, 4.69) is 10.4 Å². The van der Waals surface area contributed by atoms with Gasteiger partial charge in [0.2, 0.25) is 5.91 Å². The maximum absolute atomic E-state index is 12.7. The van der Waals surface area contributed by atoms with Crippen LogP contribution in [0.4, 0.5) is 0 Å². The van der Waals surface area contributed by atoms with Gasteiger partial charge in [-0.25, -0.2) is 4.68 Å². The molecule has 0 spiro atoms. The second kappa shape index (κ2) is 7.80. The summed E-state index contributed by atoms with van der Waals surface area (Å²) in [5, 5.41) is 16.9. The number of aromatic nitrogens is 2. The predicted molar refractivity (Wildman–Crippen MR) is 107 cm³/mol. The lowest BCUT2D eigenvalue weighted by Gasteiger charge is -2.28. The molecule has 0 saturated heterocycles. The first-order valence-corrected chi connectivity index (χ1v) is 10.4. The fraction of sp³-hybridized carbons (Fsp3) is 0.714. The third kappa shape index (κ3) is 4.31. The Morgan fingerprint density at radius 1 is 1.24 bits per heavy atom. The zero-order valence-corrected chi connectivity index (χ0v) is 17.7. The number of carbonyl (C=O) groups excluding carboxylic acids is 1. The normalized spacial score (nSPS) is 25.6. The van der Waals surface area contributed by atoms with Gasteiger partial charge in [-0.15, -0.1) is 0 Å². The summed E-state index contributed by atoms with van der Waals surface area (Å²) in [6, 6.07) is 1.40. The van der Waals surface area contributed by atoms with E-state index in [1.54, 1.807) is 0 Å². The molecule has 2 aliphatic rings. The smallest absolute Gasteiger partial charge is 0.309 e. The Balaban J connectivity index is 1.73. The van der Waals surface area contributed by atoms with E-state index in [9.17, 15) is 19.5 Å². The standard InChI is InChI=1S/C21H31N3O5/c1-13(2)11-29-15-9-17(26)24(23-18(15)14(3)4)10-16(25)22-21-7-5-20(12-21,6-8-21)19(27)28/h9,13-14H,5-8,10-12H2,1-4H3,(H,22,25)(H,27,28). The van der Waals surface area contributed by atoms with E-state index in [-0.39, 0.29) is 18.4 Å². The molecule has 0 atom stereocenters. The van der Waals surface area contributed by atoms with Crippen molar-refractivity contribution < 1.29 is 19.4 Å². The van der Waals surface area contributed by atoms with Crippen LogP contribution in [0.2, 0.25) is 0 Å². The van der Waals surface area contributed by atoms with E-state index in [0.717, 1.165) is 4.68 Å². The highest BCUT2D eigenvalue weighted by atomic mass is 16.5. The Bertz CT molecular complexity index is 850. The summed E-state index contributed by atoms with van der Waals surface area (Å²) in [5.41, 5.74) is -0.926. The summed E-state index contributed by atoms with van der Waals surface area (Å²) in [7, 11) is 0. The van der Waals surface area contributed by atoms with Crippen LogP contribution in [0.5, 0.6) is 5.75 Å². The van der Waals surface area contributed by atoms with Gasteiger partial charge in [0.05, 0.1) is 12.0 Å². The van der Waals surface area contributed by atoms with Gasteiger partial charge < -0.3 is 15.2 Å². The molecule has 1 aromatic rings. The average molecular weight is 405 g/mol. The van der Waals surface area contributed by atoms with Gasteiger partial charge in [-0.05, 0) is 38.0 Å². The monoisotopic (exact) mass is 405 g/mol. The summed E-state index contributed by atoms with van der Waals surface area (Å²) in [5.74, 6) is -0.271. The zero-order chi connectivity index (χ0) is 21.4. The number of carboxylic acids is 1. The topological polar surface area (TPSA) is 111 Å². The molecule has 2 N–H and O–H groups in total. The average Bonchev–Trinajstić information content (AvgIpc) is 3.18. The molecule has 0 aliphatic heterocycles. The number of hydrogen-bond donors (Lipinski definition) is 2. The molecule has 160 valence electrons. The number of nitrogens with one attached hydrogen (secondary N) is 1. The summed E-state index contributed by atoms with van der Waals surface area (Å²) >= 11 is 0. The molecule has 2 fully saturated rings. The minimum absolute atomic E-state index is 0.0338. The van der Waals surface area contributed by atoms with Crippen molar-refractivity contribution in [3.63, 3.8) is 0 Å². The lowest BCUT2D eigenvalue weighted by atomic mass is 9.84. The maximum Gasteiger partial charge on any atom is 0.309 e. The number of nitrogens with zero attached hydrogens (tertiary/aromatic N) is 2. The van der Waals surface area contributed by atoms with Crippen molar-refractivity contribution in [1.82, 2.24) is 15.1 Å². The van der Waals surface area contributed by atoms with Gasteiger partial charge in [-0.2, -0.15) is 5.10 Å². The van der Waals surface area contributed by atoms with Crippen LogP contribution in [0, 0.1) is 11.3 Å². The summed E-state index contributed by atoms with van der Waals surface area (Å²) < 4.78 is 6.91. The van der Waals surface area contributed by atoms with Gasteiger partial charge in [0, 0.05) is 17.5 Å². The second-order valence-corrected chi connectivity index (χ2v) is 9.34. The molecule has 1 amide bonds. The van der Waals surface area contributed by atoms with Crippen molar-refractivity contribution in [3.05, 3.63) is 22.1 Å². The Kier molecular flexibility index (Phi) is 5.74. The van der Waals surface area contributed by atoms with Crippen molar-refractivity contribution >= 4 is 11.9 Å². The minimum Gasteiger partial charge on any atom is -0.491 e. The summed E-state index contributed by atoms with van der Waals surface area (Å²) in [6.07, 6.45) is 2.95. The van der Waals surface area contributed by atoms with Gasteiger partial charge in [0.15, 0.2) is 0 Å². The Hall–Kier alpha value is -2.38. The Morgan fingerprint density at radius 3 is 2.41 bits per heavy atom. The van der Waals surface area contributed by atoms with E-state index < -0.39 is 22.5 Å². The van der Waals surface area contributed by atoms with E-state index in [1.807, 2.05) is 27.7 Å². The van der Waals surface area contributed by atoms with Crippen molar-refractivity contribution in [2.45, 2.75) is 77.8 Å². The van der Waals surface area contributed by atoms with Crippen molar-refractivity contribution in [3.8, 4) is 5.75 Å². The number of carboxylic acid groups (broad SMARTS) is 1. The first-order valence-electron chi connectivity index (χ1n) is 10.4. The molecule has 2 bridgehead atoms. The van der Waals surface area contributed by atoms with Crippen LogP contribution in [-0.2, 0) is 16.1 Å². The Morgan fingerprint density at radius 2 is 1.90 bits per heavy atom. The highest BCUT2D eigenvalue weighted by Gasteiger charge is 2.58. The molecule has 8 nitrogen and oxygen atoms in total. The fourth-order valence-corrected chi connectivity index (χ4v) is 4.51. The highest BCUT2D eigenvalue weighted by Crippen LogP contribution is 2.56. The van der Waals surface area contributed by atoms with Crippen molar-refractivity contribution in [2.24, 2.45) is 11.3 Å².